The van der Waals surface area contributed by atoms with Gasteiger partial charge in [0.15, 0.2) is 5.82 Å². The van der Waals surface area contributed by atoms with Gasteiger partial charge in [-0.25, -0.2) is 4.68 Å². The van der Waals surface area contributed by atoms with E-state index in [1.165, 1.54) is 5.56 Å². The van der Waals surface area contributed by atoms with Gasteiger partial charge in [-0.3, -0.25) is 4.90 Å². The van der Waals surface area contributed by atoms with E-state index < -0.39 is 0 Å². The molecule has 8 heteroatoms. The highest BCUT2D eigenvalue weighted by atomic mass is 35.5. The van der Waals surface area contributed by atoms with Gasteiger partial charge in [-0.15, -0.1) is 12.4 Å². The summed E-state index contributed by atoms with van der Waals surface area (Å²) in [7, 11) is 2.09. The lowest BCUT2D eigenvalue weighted by atomic mass is 10.2. The molecule has 3 aromatic rings. The molecule has 1 aromatic carbocycles. The predicted molar refractivity (Wildman–Crippen MR) is 102 cm³/mol. The molecule has 1 N–H and O–H groups in total. The Balaban J connectivity index is 0.00000196. The van der Waals surface area contributed by atoms with Crippen LogP contribution in [0.1, 0.15) is 23.1 Å². The average Bonchev–Trinajstić information content (AvgIpc) is 3.22. The zero-order chi connectivity index (χ0) is 17.4. The number of benzene rings is 1. The monoisotopic (exact) mass is 374 g/mol. The maximum absolute atomic E-state index is 5.54. The van der Waals surface area contributed by atoms with E-state index in [1.54, 1.807) is 6.20 Å². The van der Waals surface area contributed by atoms with Crippen LogP contribution in [-0.4, -0.2) is 51.5 Å². The summed E-state index contributed by atoms with van der Waals surface area (Å²) in [6.45, 7) is 6.88. The smallest absolute Gasteiger partial charge is 0.261 e. The number of aryl methyl sites for hydroxylation is 1. The second kappa shape index (κ2) is 7.57. The summed E-state index contributed by atoms with van der Waals surface area (Å²) in [6.07, 6.45) is 1.79. The molecule has 0 radical (unpaired) electrons. The highest BCUT2D eigenvalue weighted by Gasteiger charge is 2.26. The van der Waals surface area contributed by atoms with Crippen molar-refractivity contribution in [1.82, 2.24) is 30.1 Å². The molecule has 0 bridgehead atoms. The van der Waals surface area contributed by atoms with Gasteiger partial charge in [0, 0.05) is 19.6 Å². The van der Waals surface area contributed by atoms with Crippen molar-refractivity contribution in [3.05, 3.63) is 47.5 Å². The number of nitrogens with one attached hydrogen (secondary N) is 1. The lowest BCUT2D eigenvalue weighted by Crippen LogP contribution is -2.44. The van der Waals surface area contributed by atoms with Crippen LogP contribution in [0.5, 0.6) is 0 Å². The van der Waals surface area contributed by atoms with Crippen molar-refractivity contribution in [2.75, 3.05) is 26.7 Å². The molecule has 1 saturated heterocycles. The Morgan fingerprint density at radius 2 is 2.12 bits per heavy atom. The van der Waals surface area contributed by atoms with Crippen molar-refractivity contribution in [1.29, 1.82) is 0 Å². The molecule has 0 spiro atoms. The van der Waals surface area contributed by atoms with Crippen LogP contribution < -0.4 is 5.32 Å². The first-order chi connectivity index (χ1) is 12.1. The molecule has 0 saturated carbocycles. The van der Waals surface area contributed by atoms with E-state index >= 15 is 0 Å². The molecule has 7 nitrogen and oxygen atoms in total. The largest absolute Gasteiger partial charge is 0.334 e. The number of piperazine rings is 1. The normalized spacial score (nSPS) is 17.9. The van der Waals surface area contributed by atoms with Crippen LogP contribution in [0.3, 0.4) is 0 Å². The predicted octanol–water partition coefficient (Wildman–Crippen LogP) is 2.54. The average molecular weight is 375 g/mol. The van der Waals surface area contributed by atoms with Crippen molar-refractivity contribution < 1.29 is 4.52 Å². The van der Waals surface area contributed by atoms with Gasteiger partial charge in [-0.1, -0.05) is 17.3 Å². The van der Waals surface area contributed by atoms with Gasteiger partial charge in [0.05, 0.1) is 29.2 Å². The molecule has 26 heavy (non-hydrogen) atoms. The van der Waals surface area contributed by atoms with E-state index in [0.29, 0.717) is 11.7 Å². The molecule has 0 amide bonds. The standard InChI is InChI=1S/C18H22N6O.ClH/c1-12-5-4-6-14(9-12)24-13(2)15(10-20-24)18-21-17(22-25-18)16-11-19-7-8-23(16)3;/h4-6,9-10,16,19H,7-8,11H2,1-3H3;1H. The van der Waals surface area contributed by atoms with Crippen LogP contribution in [0.25, 0.3) is 17.1 Å². The van der Waals surface area contributed by atoms with Crippen molar-refractivity contribution in [3.63, 3.8) is 0 Å². The molecule has 4 rings (SSSR count). The Hall–Kier alpha value is -2.22. The highest BCUT2D eigenvalue weighted by Crippen LogP contribution is 2.26. The van der Waals surface area contributed by atoms with Crippen molar-refractivity contribution in [2.45, 2.75) is 19.9 Å². The van der Waals surface area contributed by atoms with Crippen molar-refractivity contribution in [3.8, 4) is 17.1 Å². The lowest BCUT2D eigenvalue weighted by molar-refractivity contribution is 0.190. The first-order valence-electron chi connectivity index (χ1n) is 8.50. The zero-order valence-electron chi connectivity index (χ0n) is 15.1. The van der Waals surface area contributed by atoms with Crippen LogP contribution >= 0.6 is 12.4 Å². The van der Waals surface area contributed by atoms with Gasteiger partial charge in [0.2, 0.25) is 0 Å². The Kier molecular flexibility index (Phi) is 5.41. The van der Waals surface area contributed by atoms with Gasteiger partial charge >= 0.3 is 0 Å². The lowest BCUT2D eigenvalue weighted by Gasteiger charge is -2.30. The fourth-order valence-corrected chi connectivity index (χ4v) is 3.21. The Morgan fingerprint density at radius 1 is 1.27 bits per heavy atom. The van der Waals surface area contributed by atoms with Crippen molar-refractivity contribution >= 4 is 12.4 Å². The number of likely N-dealkylation sites (N-methyl/N-ethyl adjacent to an activating group) is 1. The van der Waals surface area contributed by atoms with Gasteiger partial charge in [0.25, 0.3) is 5.89 Å². The zero-order valence-corrected chi connectivity index (χ0v) is 16.0. The molecular weight excluding hydrogens is 352 g/mol. The molecule has 1 unspecified atom stereocenters. The first-order valence-corrected chi connectivity index (χ1v) is 8.50. The summed E-state index contributed by atoms with van der Waals surface area (Å²) in [5, 5.41) is 12.1. The maximum Gasteiger partial charge on any atom is 0.261 e. The Labute approximate surface area is 158 Å². The number of hydrogen-bond donors (Lipinski definition) is 1. The molecule has 1 aliphatic rings. The number of halogens is 1. The Morgan fingerprint density at radius 3 is 2.88 bits per heavy atom. The number of aromatic nitrogens is 4. The number of hydrogen-bond acceptors (Lipinski definition) is 6. The minimum atomic E-state index is 0. The summed E-state index contributed by atoms with van der Waals surface area (Å²) >= 11 is 0. The maximum atomic E-state index is 5.54. The van der Waals surface area contributed by atoms with Gasteiger partial charge in [-0.2, -0.15) is 10.1 Å². The first kappa shape index (κ1) is 18.6. The quantitative estimate of drug-likeness (QED) is 0.759. The minimum Gasteiger partial charge on any atom is -0.334 e. The second-order valence-electron chi connectivity index (χ2n) is 6.55. The fraction of sp³-hybridized carbons (Fsp3) is 0.389. The molecular formula is C18H23ClN6O. The van der Waals surface area contributed by atoms with E-state index in [-0.39, 0.29) is 18.4 Å². The third kappa shape index (κ3) is 3.38. The molecule has 1 fully saturated rings. The second-order valence-corrected chi connectivity index (χ2v) is 6.55. The van der Waals surface area contributed by atoms with Crippen LogP contribution in [0.15, 0.2) is 35.0 Å². The summed E-state index contributed by atoms with van der Waals surface area (Å²) in [5.41, 5.74) is 4.07. The van der Waals surface area contributed by atoms with Crippen LogP contribution in [-0.2, 0) is 0 Å². The summed E-state index contributed by atoms with van der Waals surface area (Å²) in [5.74, 6) is 1.23. The van der Waals surface area contributed by atoms with E-state index in [2.05, 4.69) is 51.6 Å². The summed E-state index contributed by atoms with van der Waals surface area (Å²) in [6, 6.07) is 8.38. The van der Waals surface area contributed by atoms with Gasteiger partial charge in [-0.05, 0) is 38.6 Å². The summed E-state index contributed by atoms with van der Waals surface area (Å²) in [4.78, 5) is 6.87. The third-order valence-electron chi connectivity index (χ3n) is 4.74. The van der Waals surface area contributed by atoms with Crippen molar-refractivity contribution in [2.24, 2.45) is 0 Å². The van der Waals surface area contributed by atoms with E-state index in [0.717, 1.165) is 36.6 Å². The number of rotatable bonds is 3. The molecule has 3 heterocycles. The SMILES string of the molecule is Cc1cccc(-n2ncc(-c3nc(C4CNCCN4C)no3)c2C)c1.Cl. The minimum absolute atomic E-state index is 0. The third-order valence-corrected chi connectivity index (χ3v) is 4.74. The van der Waals surface area contributed by atoms with Gasteiger partial charge < -0.3 is 9.84 Å². The molecule has 138 valence electrons. The topological polar surface area (TPSA) is 72.0 Å². The van der Waals surface area contributed by atoms with Gasteiger partial charge in [0.1, 0.15) is 0 Å². The summed E-state index contributed by atoms with van der Waals surface area (Å²) < 4.78 is 7.44. The molecule has 2 aromatic heterocycles. The van der Waals surface area contributed by atoms with E-state index in [1.807, 2.05) is 23.7 Å². The van der Waals surface area contributed by atoms with Crippen LogP contribution in [0, 0.1) is 13.8 Å². The number of nitrogens with zero attached hydrogens (tertiary/aromatic N) is 5. The molecule has 1 aliphatic heterocycles. The van der Waals surface area contributed by atoms with E-state index in [4.69, 9.17) is 4.52 Å². The highest BCUT2D eigenvalue weighted by molar-refractivity contribution is 5.85. The van der Waals surface area contributed by atoms with E-state index in [9.17, 15) is 0 Å². The molecule has 0 aliphatic carbocycles. The van der Waals surface area contributed by atoms with Crippen LogP contribution in [0.2, 0.25) is 0 Å². The van der Waals surface area contributed by atoms with Crippen LogP contribution in [0.4, 0.5) is 0 Å². The molecule has 1 atom stereocenters. The Bertz CT molecular complexity index is 889. The fourth-order valence-electron chi connectivity index (χ4n) is 3.21.